The zero-order valence-corrected chi connectivity index (χ0v) is 14.7. The lowest BCUT2D eigenvalue weighted by atomic mass is 9.90. The summed E-state index contributed by atoms with van der Waals surface area (Å²) in [5.74, 6) is -1.35. The third kappa shape index (κ3) is 5.25. The van der Waals surface area contributed by atoms with Crippen molar-refractivity contribution in [3.05, 3.63) is 35.9 Å². The van der Waals surface area contributed by atoms with Crippen molar-refractivity contribution >= 4 is 12.1 Å². The molecule has 2 unspecified atom stereocenters. The molecule has 1 saturated heterocycles. The molecule has 5 heteroatoms. The second kappa shape index (κ2) is 7.69. The van der Waals surface area contributed by atoms with Gasteiger partial charge in [0.05, 0.1) is 5.92 Å². The van der Waals surface area contributed by atoms with Crippen molar-refractivity contribution in [2.45, 2.75) is 58.1 Å². The summed E-state index contributed by atoms with van der Waals surface area (Å²) in [6.45, 7) is 5.69. The summed E-state index contributed by atoms with van der Waals surface area (Å²) in [6.07, 6.45) is 2.57. The van der Waals surface area contributed by atoms with Gasteiger partial charge in [-0.3, -0.25) is 4.79 Å². The molecule has 2 atom stereocenters. The first-order valence-electron chi connectivity index (χ1n) is 8.52. The summed E-state index contributed by atoms with van der Waals surface area (Å²) >= 11 is 0. The Kier molecular flexibility index (Phi) is 5.86. The highest BCUT2D eigenvalue weighted by atomic mass is 16.6. The smallest absolute Gasteiger partial charge is 0.410 e. The number of hydrogen-bond acceptors (Lipinski definition) is 3. The van der Waals surface area contributed by atoms with Crippen LogP contribution in [0.4, 0.5) is 4.79 Å². The maximum absolute atomic E-state index is 12.5. The summed E-state index contributed by atoms with van der Waals surface area (Å²) < 4.78 is 5.48. The molecule has 1 aliphatic heterocycles. The maximum atomic E-state index is 12.5. The van der Waals surface area contributed by atoms with E-state index in [1.165, 1.54) is 5.56 Å². The normalized spacial score (nSPS) is 21.4. The van der Waals surface area contributed by atoms with Gasteiger partial charge < -0.3 is 14.7 Å². The van der Waals surface area contributed by atoms with Gasteiger partial charge in [0.25, 0.3) is 0 Å². The molecule has 0 bridgehead atoms. The molecule has 1 aliphatic rings. The molecule has 24 heavy (non-hydrogen) atoms. The van der Waals surface area contributed by atoms with Crippen LogP contribution < -0.4 is 0 Å². The molecule has 1 amide bonds. The molecule has 1 N–H and O–H groups in total. The van der Waals surface area contributed by atoms with Gasteiger partial charge >= 0.3 is 12.1 Å². The molecule has 0 radical (unpaired) electrons. The highest BCUT2D eigenvalue weighted by Crippen LogP contribution is 2.27. The Morgan fingerprint density at radius 3 is 2.46 bits per heavy atom. The zero-order valence-electron chi connectivity index (χ0n) is 14.7. The van der Waals surface area contributed by atoms with E-state index in [1.54, 1.807) is 4.90 Å². The molecule has 2 rings (SSSR count). The Balaban J connectivity index is 2.05. The van der Waals surface area contributed by atoms with E-state index in [9.17, 15) is 14.7 Å². The van der Waals surface area contributed by atoms with E-state index in [-0.39, 0.29) is 12.6 Å². The molecule has 1 fully saturated rings. The average molecular weight is 333 g/mol. The molecule has 0 spiro atoms. The van der Waals surface area contributed by atoms with E-state index in [0.29, 0.717) is 12.8 Å². The number of carbonyl (C=O) groups excluding carboxylic acids is 1. The second-order valence-corrected chi connectivity index (χ2v) is 7.42. The van der Waals surface area contributed by atoms with Crippen LogP contribution in [0.2, 0.25) is 0 Å². The first-order chi connectivity index (χ1) is 11.3. The van der Waals surface area contributed by atoms with Crippen LogP contribution in [-0.4, -0.2) is 40.3 Å². The maximum Gasteiger partial charge on any atom is 0.410 e. The van der Waals surface area contributed by atoms with Gasteiger partial charge in [0.15, 0.2) is 0 Å². The average Bonchev–Trinajstić information content (AvgIpc) is 2.52. The number of carboxylic acids is 1. The molecule has 1 aromatic carbocycles. The number of likely N-dealkylation sites (tertiary alicyclic amines) is 1. The van der Waals surface area contributed by atoms with Crippen molar-refractivity contribution in [1.82, 2.24) is 4.90 Å². The van der Waals surface area contributed by atoms with Gasteiger partial charge in [0.2, 0.25) is 0 Å². The Morgan fingerprint density at radius 1 is 1.21 bits per heavy atom. The molecule has 0 aliphatic carbocycles. The predicted octanol–water partition coefficient (Wildman–Crippen LogP) is 3.72. The molecule has 1 heterocycles. The van der Waals surface area contributed by atoms with Gasteiger partial charge in [0, 0.05) is 12.6 Å². The van der Waals surface area contributed by atoms with Gasteiger partial charge in [-0.25, -0.2) is 4.79 Å². The Hall–Kier alpha value is -2.04. The van der Waals surface area contributed by atoms with Crippen LogP contribution in [0.15, 0.2) is 30.3 Å². The van der Waals surface area contributed by atoms with Crippen LogP contribution in [0.5, 0.6) is 0 Å². The third-order valence-electron chi connectivity index (χ3n) is 4.29. The number of rotatable bonds is 4. The Morgan fingerprint density at radius 2 is 1.88 bits per heavy atom. The van der Waals surface area contributed by atoms with Gasteiger partial charge in [-0.1, -0.05) is 30.3 Å². The number of amides is 1. The zero-order chi connectivity index (χ0) is 17.7. The lowest BCUT2D eigenvalue weighted by Crippen LogP contribution is -2.50. The van der Waals surface area contributed by atoms with Crippen LogP contribution >= 0.6 is 0 Å². The van der Waals surface area contributed by atoms with Crippen molar-refractivity contribution in [2.75, 3.05) is 6.54 Å². The predicted molar refractivity (Wildman–Crippen MR) is 91.9 cm³/mol. The van der Waals surface area contributed by atoms with E-state index in [1.807, 2.05) is 39.0 Å². The number of nitrogens with zero attached hydrogens (tertiary/aromatic N) is 1. The van der Waals surface area contributed by atoms with Gasteiger partial charge in [-0.2, -0.15) is 0 Å². The molecule has 1 aromatic rings. The molecule has 0 aromatic heterocycles. The first kappa shape index (κ1) is 18.3. The van der Waals surface area contributed by atoms with Crippen LogP contribution in [0.25, 0.3) is 0 Å². The summed E-state index contributed by atoms with van der Waals surface area (Å²) in [5, 5.41) is 9.29. The molecular weight excluding hydrogens is 306 g/mol. The third-order valence-corrected chi connectivity index (χ3v) is 4.29. The minimum Gasteiger partial charge on any atom is -0.481 e. The summed E-state index contributed by atoms with van der Waals surface area (Å²) in [4.78, 5) is 25.5. The van der Waals surface area contributed by atoms with Crippen molar-refractivity contribution in [2.24, 2.45) is 5.92 Å². The number of benzene rings is 1. The number of piperidine rings is 1. The summed E-state index contributed by atoms with van der Waals surface area (Å²) in [5.41, 5.74) is 0.638. The fourth-order valence-electron chi connectivity index (χ4n) is 3.05. The van der Waals surface area contributed by atoms with Crippen molar-refractivity contribution in [3.63, 3.8) is 0 Å². The largest absolute Gasteiger partial charge is 0.481 e. The number of hydrogen-bond donors (Lipinski definition) is 1. The van der Waals surface area contributed by atoms with E-state index < -0.39 is 23.6 Å². The van der Waals surface area contributed by atoms with Crippen molar-refractivity contribution < 1.29 is 19.4 Å². The van der Waals surface area contributed by atoms with Gasteiger partial charge in [-0.05, 0) is 52.0 Å². The first-order valence-corrected chi connectivity index (χ1v) is 8.52. The standard InChI is InChI=1S/C19H27NO4/c1-19(2,3)24-18(23)20-13-15(17(21)22)10-12-16(20)11-9-14-7-5-4-6-8-14/h4-8,15-16H,9-13H2,1-3H3,(H,21,22). The fraction of sp³-hybridized carbons (Fsp3) is 0.579. The van der Waals surface area contributed by atoms with Gasteiger partial charge in [-0.15, -0.1) is 0 Å². The molecule has 5 nitrogen and oxygen atoms in total. The van der Waals surface area contributed by atoms with Crippen LogP contribution in [0, 0.1) is 5.92 Å². The van der Waals surface area contributed by atoms with E-state index in [0.717, 1.165) is 12.8 Å². The fourth-order valence-corrected chi connectivity index (χ4v) is 3.05. The quantitative estimate of drug-likeness (QED) is 0.912. The van der Waals surface area contributed by atoms with Gasteiger partial charge in [0.1, 0.15) is 5.60 Å². The second-order valence-electron chi connectivity index (χ2n) is 7.42. The van der Waals surface area contributed by atoms with E-state index in [4.69, 9.17) is 4.74 Å². The van der Waals surface area contributed by atoms with Crippen molar-refractivity contribution in [3.8, 4) is 0 Å². The number of ether oxygens (including phenoxy) is 1. The Labute approximate surface area is 143 Å². The van der Waals surface area contributed by atoms with Crippen LogP contribution in [-0.2, 0) is 16.0 Å². The highest BCUT2D eigenvalue weighted by Gasteiger charge is 2.36. The molecular formula is C19H27NO4. The lowest BCUT2D eigenvalue weighted by Gasteiger charge is -2.39. The summed E-state index contributed by atoms with van der Waals surface area (Å²) in [7, 11) is 0. The highest BCUT2D eigenvalue weighted by molar-refractivity contribution is 5.73. The van der Waals surface area contributed by atoms with Crippen molar-refractivity contribution in [1.29, 1.82) is 0 Å². The molecule has 132 valence electrons. The monoisotopic (exact) mass is 333 g/mol. The number of aryl methyl sites for hydroxylation is 1. The van der Waals surface area contributed by atoms with E-state index in [2.05, 4.69) is 12.1 Å². The van der Waals surface area contributed by atoms with Crippen LogP contribution in [0.1, 0.15) is 45.6 Å². The van der Waals surface area contributed by atoms with E-state index >= 15 is 0 Å². The van der Waals surface area contributed by atoms with Crippen LogP contribution in [0.3, 0.4) is 0 Å². The summed E-state index contributed by atoms with van der Waals surface area (Å²) in [6, 6.07) is 10.1. The Bertz CT molecular complexity index is 564. The number of carbonyl (C=O) groups is 2. The minimum absolute atomic E-state index is 0.0238. The minimum atomic E-state index is -0.843. The number of carboxylic acid groups (broad SMARTS) is 1. The molecule has 0 saturated carbocycles. The SMILES string of the molecule is CC(C)(C)OC(=O)N1CC(C(=O)O)CCC1CCc1ccccc1. The topological polar surface area (TPSA) is 66.8 Å². The number of aliphatic carboxylic acids is 1. The lowest BCUT2D eigenvalue weighted by molar-refractivity contribution is -0.144.